The smallest absolute Gasteiger partial charge is 0.137 e. The van der Waals surface area contributed by atoms with E-state index in [2.05, 4.69) is 58.9 Å². The molecule has 4 heteroatoms. The van der Waals surface area contributed by atoms with E-state index in [1.807, 2.05) is 0 Å². The molecule has 0 bridgehead atoms. The zero-order chi connectivity index (χ0) is 26.8. The molecule has 1 aliphatic rings. The van der Waals surface area contributed by atoms with Crippen molar-refractivity contribution in [3.63, 3.8) is 0 Å². The van der Waals surface area contributed by atoms with Crippen molar-refractivity contribution in [3.8, 4) is 5.75 Å². The minimum absolute atomic E-state index is 0.511. The van der Waals surface area contributed by atoms with Crippen LogP contribution in [0.2, 0.25) is 0 Å². The van der Waals surface area contributed by atoms with Gasteiger partial charge in [0.25, 0.3) is 0 Å². The molecule has 0 aromatic heterocycles. The van der Waals surface area contributed by atoms with Gasteiger partial charge in [0.15, 0.2) is 0 Å². The molecule has 0 heterocycles. The molecule has 1 unspecified atom stereocenters. The normalized spacial score (nSPS) is 16.6. The summed E-state index contributed by atoms with van der Waals surface area (Å²) in [6.45, 7) is 23.1. The first-order valence-corrected chi connectivity index (χ1v) is 16.1. The van der Waals surface area contributed by atoms with E-state index < -0.39 is 0 Å². The summed E-state index contributed by atoms with van der Waals surface area (Å²) in [4.78, 5) is 0. The summed E-state index contributed by atoms with van der Waals surface area (Å²) in [5, 5.41) is 0. The molecule has 4 nitrogen and oxygen atoms in total. The Morgan fingerprint density at radius 1 is 0.703 bits per heavy atom. The number of unbranched alkanes of at least 4 members (excludes halogenated alkanes) is 1. The average molecular weight is 519 g/mol. The second kappa shape index (κ2) is 18.2. The topological polar surface area (TPSA) is 18.5 Å². The van der Waals surface area contributed by atoms with Crippen molar-refractivity contribution >= 4 is 0 Å². The highest BCUT2D eigenvalue weighted by atomic mass is 16.5. The molecular weight excluding hydrogens is 456 g/mol. The molecule has 0 N–H and O–H groups in total. The molecule has 1 aliphatic carbocycles. The van der Waals surface area contributed by atoms with Crippen LogP contribution in [-0.4, -0.2) is 80.6 Å². The van der Waals surface area contributed by atoms with Gasteiger partial charge in [0, 0.05) is 6.42 Å². The molecule has 0 aliphatic heterocycles. The van der Waals surface area contributed by atoms with Crippen LogP contribution in [0.1, 0.15) is 104 Å². The van der Waals surface area contributed by atoms with Crippen molar-refractivity contribution < 1.29 is 18.4 Å². The number of hydrogen-bond acceptors (Lipinski definition) is 2. The molecule has 37 heavy (non-hydrogen) atoms. The summed E-state index contributed by atoms with van der Waals surface area (Å²) in [6, 6.07) is 8.94. The van der Waals surface area contributed by atoms with E-state index in [0.29, 0.717) is 6.10 Å². The number of rotatable bonds is 21. The van der Waals surface area contributed by atoms with E-state index in [1.54, 1.807) is 0 Å². The van der Waals surface area contributed by atoms with Crippen LogP contribution in [0.15, 0.2) is 24.3 Å². The first-order chi connectivity index (χ1) is 18.0. The maximum Gasteiger partial charge on any atom is 0.137 e. The SMILES string of the molecule is CCCC[N+](CC)(CCC)CCOc1cccc(CC[N+](CCC)(CCC)CCOC2CCCCC2)c1. The largest absolute Gasteiger partial charge is 0.488 e. The molecule has 0 spiro atoms. The van der Waals surface area contributed by atoms with Gasteiger partial charge in [-0.1, -0.05) is 65.5 Å². The Balaban J connectivity index is 1.93. The number of benzene rings is 1. The van der Waals surface area contributed by atoms with Crippen LogP contribution in [0.25, 0.3) is 0 Å². The van der Waals surface area contributed by atoms with Crippen molar-refractivity contribution in [3.05, 3.63) is 29.8 Å². The Morgan fingerprint density at radius 3 is 2.03 bits per heavy atom. The molecule has 1 aromatic carbocycles. The number of quaternary nitrogens is 2. The van der Waals surface area contributed by atoms with Crippen molar-refractivity contribution in [1.29, 1.82) is 0 Å². The molecule has 1 fully saturated rings. The molecule has 2 rings (SSSR count). The first kappa shape index (κ1) is 32.1. The lowest BCUT2D eigenvalue weighted by atomic mass is 9.98. The number of hydrogen-bond donors (Lipinski definition) is 0. The van der Waals surface area contributed by atoms with E-state index in [9.17, 15) is 0 Å². The first-order valence-electron chi connectivity index (χ1n) is 16.1. The van der Waals surface area contributed by atoms with E-state index in [1.165, 1.54) is 118 Å². The van der Waals surface area contributed by atoms with Gasteiger partial charge in [-0.15, -0.1) is 0 Å². The standard InChI is InChI=1S/C33H62N2O2/c1-6-11-24-34(10-5,21-7-2)26-28-37-33-19-15-16-31(30-33)20-25-35(22-8-3,23-9-4)27-29-36-32-17-13-12-14-18-32/h15-16,19,30,32H,6-14,17-18,20-29H2,1-5H3/q+2. The average Bonchev–Trinajstić information content (AvgIpc) is 2.92. The van der Waals surface area contributed by atoms with Gasteiger partial charge in [0.1, 0.15) is 25.4 Å². The maximum absolute atomic E-state index is 6.39. The third-order valence-electron chi connectivity index (χ3n) is 8.83. The van der Waals surface area contributed by atoms with Gasteiger partial charge in [-0.3, -0.25) is 0 Å². The highest BCUT2D eigenvalue weighted by Crippen LogP contribution is 2.22. The van der Waals surface area contributed by atoms with Gasteiger partial charge >= 0.3 is 0 Å². The van der Waals surface area contributed by atoms with Crippen molar-refractivity contribution in [2.75, 3.05) is 65.6 Å². The van der Waals surface area contributed by atoms with E-state index in [4.69, 9.17) is 9.47 Å². The molecule has 0 saturated heterocycles. The molecule has 1 atom stereocenters. The highest BCUT2D eigenvalue weighted by Gasteiger charge is 2.27. The molecule has 0 amide bonds. The van der Waals surface area contributed by atoms with Gasteiger partial charge in [-0.25, -0.2) is 0 Å². The van der Waals surface area contributed by atoms with Crippen molar-refractivity contribution in [2.45, 2.75) is 111 Å². The number of nitrogens with zero attached hydrogens (tertiary/aromatic N) is 2. The highest BCUT2D eigenvalue weighted by molar-refractivity contribution is 5.28. The van der Waals surface area contributed by atoms with Crippen LogP contribution in [0.4, 0.5) is 0 Å². The summed E-state index contributed by atoms with van der Waals surface area (Å²) in [5.74, 6) is 1.04. The minimum atomic E-state index is 0.511. The van der Waals surface area contributed by atoms with E-state index in [0.717, 1.165) is 38.5 Å². The number of likely N-dealkylation sites (N-methyl/N-ethyl adjacent to an activating group) is 1. The lowest BCUT2D eigenvalue weighted by molar-refractivity contribution is -0.928. The third-order valence-corrected chi connectivity index (χ3v) is 8.83. The summed E-state index contributed by atoms with van der Waals surface area (Å²) < 4.78 is 15.1. The molecule has 1 saturated carbocycles. The van der Waals surface area contributed by atoms with E-state index in [-0.39, 0.29) is 0 Å². The summed E-state index contributed by atoms with van der Waals surface area (Å²) in [6.07, 6.45) is 14.6. The van der Waals surface area contributed by atoms with Gasteiger partial charge in [-0.2, -0.15) is 0 Å². The third kappa shape index (κ3) is 11.7. The lowest BCUT2D eigenvalue weighted by Crippen LogP contribution is -2.52. The Hall–Kier alpha value is -1.10. The van der Waals surface area contributed by atoms with Crippen LogP contribution >= 0.6 is 0 Å². The quantitative estimate of drug-likeness (QED) is 0.156. The van der Waals surface area contributed by atoms with E-state index >= 15 is 0 Å². The maximum atomic E-state index is 6.39. The van der Waals surface area contributed by atoms with Crippen LogP contribution < -0.4 is 4.74 Å². The zero-order valence-corrected chi connectivity index (χ0v) is 25.4. The lowest BCUT2D eigenvalue weighted by Gasteiger charge is -2.39. The fourth-order valence-electron chi connectivity index (χ4n) is 6.56. The Morgan fingerprint density at radius 2 is 1.38 bits per heavy atom. The van der Waals surface area contributed by atoms with Crippen LogP contribution in [-0.2, 0) is 11.2 Å². The summed E-state index contributed by atoms with van der Waals surface area (Å²) >= 11 is 0. The second-order valence-electron chi connectivity index (χ2n) is 11.8. The van der Waals surface area contributed by atoms with Crippen LogP contribution in [0.5, 0.6) is 5.75 Å². The van der Waals surface area contributed by atoms with Crippen LogP contribution in [0, 0.1) is 0 Å². The molecule has 0 radical (unpaired) electrons. The Labute approximate surface area is 230 Å². The Kier molecular flexibility index (Phi) is 15.8. The van der Waals surface area contributed by atoms with Crippen molar-refractivity contribution in [2.24, 2.45) is 0 Å². The molecule has 214 valence electrons. The van der Waals surface area contributed by atoms with Gasteiger partial charge < -0.3 is 18.4 Å². The van der Waals surface area contributed by atoms with Crippen LogP contribution in [0.3, 0.4) is 0 Å². The molecular formula is C33H62N2O2+2. The predicted molar refractivity (Wildman–Crippen MR) is 159 cm³/mol. The van der Waals surface area contributed by atoms with Crippen molar-refractivity contribution in [1.82, 2.24) is 0 Å². The fraction of sp³-hybridized carbons (Fsp3) is 0.818. The van der Waals surface area contributed by atoms with Gasteiger partial charge in [0.05, 0.1) is 52.0 Å². The van der Waals surface area contributed by atoms with Gasteiger partial charge in [0.2, 0.25) is 0 Å². The summed E-state index contributed by atoms with van der Waals surface area (Å²) in [5.41, 5.74) is 1.41. The molecule has 1 aromatic rings. The summed E-state index contributed by atoms with van der Waals surface area (Å²) in [7, 11) is 0. The number of ether oxygens (including phenoxy) is 2. The monoisotopic (exact) mass is 518 g/mol. The fourth-order valence-corrected chi connectivity index (χ4v) is 6.56. The predicted octanol–water partition coefficient (Wildman–Crippen LogP) is 7.64. The second-order valence-corrected chi connectivity index (χ2v) is 11.8. The van der Waals surface area contributed by atoms with Gasteiger partial charge in [-0.05, 0) is 63.1 Å². The Bertz CT molecular complexity index is 697. The minimum Gasteiger partial charge on any atom is -0.488 e. The zero-order valence-electron chi connectivity index (χ0n) is 25.4.